The molecule has 0 radical (unpaired) electrons. The van der Waals surface area contributed by atoms with Gasteiger partial charge in [0.2, 0.25) is 0 Å². The van der Waals surface area contributed by atoms with Crippen LogP contribution in [0.4, 0.5) is 0 Å². The van der Waals surface area contributed by atoms with Gasteiger partial charge in [0.1, 0.15) is 0 Å². The van der Waals surface area contributed by atoms with Crippen LogP contribution in [0.15, 0.2) is 231 Å². The van der Waals surface area contributed by atoms with Crippen molar-refractivity contribution in [1.82, 2.24) is 0 Å². The van der Waals surface area contributed by atoms with Crippen LogP contribution in [0.3, 0.4) is 0 Å². The second-order valence-electron chi connectivity index (χ2n) is 16.6. The molecule has 0 amide bonds. The molecule has 0 aliphatic carbocycles. The van der Waals surface area contributed by atoms with Crippen LogP contribution in [0.25, 0.3) is 129 Å². The molecule has 0 atom stereocenters. The zero-order valence-electron chi connectivity index (χ0n) is 34.3. The first-order valence-electron chi connectivity index (χ1n) is 21.8. The minimum Gasteiger partial charge on any atom is -0.0617 e. The van der Waals surface area contributed by atoms with Gasteiger partial charge in [0.15, 0.2) is 0 Å². The van der Waals surface area contributed by atoms with E-state index in [1.165, 1.54) is 129 Å². The summed E-state index contributed by atoms with van der Waals surface area (Å²) in [5.74, 6) is 0. The molecule has 0 bridgehead atoms. The maximum absolute atomic E-state index is 2.50. The first kappa shape index (κ1) is 36.1. The first-order valence-corrected chi connectivity index (χ1v) is 23.5. The molecule has 0 spiro atoms. The zero-order chi connectivity index (χ0) is 41.4. The molecular weight excluding hydrogens is 824 g/mol. The van der Waals surface area contributed by atoms with Crippen LogP contribution in [-0.2, 0) is 0 Å². The summed E-state index contributed by atoms with van der Waals surface area (Å²) in [4.78, 5) is 0. The summed E-state index contributed by atoms with van der Waals surface area (Å²) >= 11 is 0.190. The van der Waals surface area contributed by atoms with Crippen molar-refractivity contribution >= 4 is 87.7 Å². The molecule has 0 fully saturated rings. The summed E-state index contributed by atoms with van der Waals surface area (Å²) in [5.41, 5.74) is 12.8. The summed E-state index contributed by atoms with van der Waals surface area (Å²) < 4.78 is 2.89. The van der Waals surface area contributed by atoms with Crippen LogP contribution in [-0.4, -0.2) is 14.5 Å². The van der Waals surface area contributed by atoms with Crippen LogP contribution in [0.2, 0.25) is 0 Å². The predicted octanol–water partition coefficient (Wildman–Crippen LogP) is 17.2. The Morgan fingerprint density at radius 3 is 1.10 bits per heavy atom. The normalized spacial score (nSPS) is 11.8. The van der Waals surface area contributed by atoms with E-state index in [1.807, 2.05) is 0 Å². The fourth-order valence-electron chi connectivity index (χ4n) is 10.6. The summed E-state index contributed by atoms with van der Waals surface area (Å²) in [6.07, 6.45) is 0. The van der Waals surface area contributed by atoms with E-state index in [2.05, 4.69) is 231 Å². The quantitative estimate of drug-likeness (QED) is 0.119. The molecule has 0 nitrogen and oxygen atoms in total. The van der Waals surface area contributed by atoms with Gasteiger partial charge in [-0.05, 0) is 5.56 Å². The average Bonchev–Trinajstić information content (AvgIpc) is 3.72. The Morgan fingerprint density at radius 2 is 0.571 bits per heavy atom. The SMILES string of the molecule is c1ccc(-c2ccc(-c3c4ccccc4c(-c4ccc5[se]c6cc(-c7c8ccccc8c(-c8ccccc8)c8ccccc78)ccc6c5c4)c4ccccc34)c3ccccc23)cc1. The molecule has 0 aliphatic rings. The molecule has 1 heteroatoms. The van der Waals surface area contributed by atoms with Gasteiger partial charge in [-0.1, -0.05) is 36.4 Å². The molecule has 1 heterocycles. The molecule has 0 N–H and O–H groups in total. The number of rotatable bonds is 5. The predicted molar refractivity (Wildman–Crippen MR) is 273 cm³/mol. The largest absolute Gasteiger partial charge is 0.0617 e. The Kier molecular flexibility index (Phi) is 8.34. The molecule has 63 heavy (non-hydrogen) atoms. The molecule has 13 aromatic rings. The molecule has 0 unspecified atom stereocenters. The van der Waals surface area contributed by atoms with Gasteiger partial charge in [-0.25, -0.2) is 0 Å². The Balaban J connectivity index is 0.998. The van der Waals surface area contributed by atoms with Crippen LogP contribution in [0, 0.1) is 0 Å². The van der Waals surface area contributed by atoms with Gasteiger partial charge in [0, 0.05) is 0 Å². The average molecular weight is 862 g/mol. The number of hydrogen-bond acceptors (Lipinski definition) is 0. The Hall–Kier alpha value is -7.54. The monoisotopic (exact) mass is 862 g/mol. The third kappa shape index (κ3) is 5.68. The Morgan fingerprint density at radius 1 is 0.190 bits per heavy atom. The van der Waals surface area contributed by atoms with E-state index in [1.54, 1.807) is 0 Å². The second kappa shape index (κ2) is 14.5. The van der Waals surface area contributed by atoms with Crippen molar-refractivity contribution in [3.05, 3.63) is 231 Å². The summed E-state index contributed by atoms with van der Waals surface area (Å²) in [7, 11) is 0. The van der Waals surface area contributed by atoms with E-state index in [-0.39, 0.29) is 14.5 Å². The third-order valence-electron chi connectivity index (χ3n) is 13.3. The molecule has 1 aromatic heterocycles. The van der Waals surface area contributed by atoms with Crippen molar-refractivity contribution in [3.8, 4) is 55.6 Å². The topological polar surface area (TPSA) is 0 Å². The fourth-order valence-corrected chi connectivity index (χ4v) is 12.9. The van der Waals surface area contributed by atoms with Crippen molar-refractivity contribution < 1.29 is 0 Å². The summed E-state index contributed by atoms with van der Waals surface area (Å²) in [5, 5.41) is 15.5. The molecule has 13 rings (SSSR count). The minimum atomic E-state index is 0.190. The first-order chi connectivity index (χ1) is 31.3. The number of benzene rings is 12. The summed E-state index contributed by atoms with van der Waals surface area (Å²) in [6.45, 7) is 0. The van der Waals surface area contributed by atoms with Gasteiger partial charge in [-0.2, -0.15) is 0 Å². The van der Waals surface area contributed by atoms with Crippen LogP contribution >= 0.6 is 0 Å². The molecular formula is C62H38Se. The van der Waals surface area contributed by atoms with E-state index in [0.717, 1.165) is 0 Å². The number of fused-ring (bicyclic) bond motifs is 8. The van der Waals surface area contributed by atoms with Gasteiger partial charge in [-0.15, -0.1) is 0 Å². The Bertz CT molecular complexity index is 3840. The standard InChI is InChI=1S/C62H38Se/c1-3-17-39(18-4-1)43-34-35-55(45-22-8-7-21-44(43)45)62-53-29-15-13-27-51(53)60(52-28-14-16-30-54(52)62)41-32-36-57-56(37-41)46-33-31-42(38-58(46)63-57)61-49-25-11-9-23-47(49)59(40-19-5-2-6-20-40)48-24-10-12-26-50(48)61/h1-38H. The molecule has 292 valence electrons. The molecule has 0 aliphatic heterocycles. The smallest absolute Gasteiger partial charge is 0.0544 e. The van der Waals surface area contributed by atoms with Gasteiger partial charge < -0.3 is 0 Å². The van der Waals surface area contributed by atoms with Gasteiger partial charge in [0.05, 0.1) is 0 Å². The van der Waals surface area contributed by atoms with Gasteiger partial charge >= 0.3 is 332 Å². The van der Waals surface area contributed by atoms with E-state index in [9.17, 15) is 0 Å². The maximum atomic E-state index is 2.50. The molecule has 0 saturated carbocycles. The van der Waals surface area contributed by atoms with Crippen molar-refractivity contribution in [3.63, 3.8) is 0 Å². The van der Waals surface area contributed by atoms with Crippen LogP contribution in [0.1, 0.15) is 0 Å². The van der Waals surface area contributed by atoms with Crippen molar-refractivity contribution in [2.75, 3.05) is 0 Å². The second-order valence-corrected chi connectivity index (χ2v) is 18.9. The number of hydrogen-bond donors (Lipinski definition) is 0. The van der Waals surface area contributed by atoms with E-state index < -0.39 is 0 Å². The van der Waals surface area contributed by atoms with Crippen LogP contribution < -0.4 is 0 Å². The maximum Gasteiger partial charge on any atom is -0.0544 e. The molecule has 12 aromatic carbocycles. The minimum absolute atomic E-state index is 0.190. The fraction of sp³-hybridized carbons (Fsp3) is 0. The van der Waals surface area contributed by atoms with Crippen molar-refractivity contribution in [2.45, 2.75) is 0 Å². The van der Waals surface area contributed by atoms with E-state index in [0.29, 0.717) is 0 Å². The Labute approximate surface area is 371 Å². The zero-order valence-corrected chi connectivity index (χ0v) is 36.1. The van der Waals surface area contributed by atoms with Crippen LogP contribution in [0.5, 0.6) is 0 Å². The van der Waals surface area contributed by atoms with Gasteiger partial charge in [0.25, 0.3) is 0 Å². The molecule has 0 saturated heterocycles. The van der Waals surface area contributed by atoms with E-state index >= 15 is 0 Å². The third-order valence-corrected chi connectivity index (χ3v) is 15.6. The van der Waals surface area contributed by atoms with Crippen molar-refractivity contribution in [1.29, 1.82) is 0 Å². The van der Waals surface area contributed by atoms with Crippen molar-refractivity contribution in [2.24, 2.45) is 0 Å². The van der Waals surface area contributed by atoms with Gasteiger partial charge in [-0.3, -0.25) is 0 Å². The summed E-state index contributed by atoms with van der Waals surface area (Å²) in [6, 6.07) is 85.9. The van der Waals surface area contributed by atoms with E-state index in [4.69, 9.17) is 0 Å².